The smallest absolute Gasteiger partial charge is 0.240 e. The number of fused-ring (bicyclic) bond motifs is 4. The molecule has 2 heterocycles. The van der Waals surface area contributed by atoms with E-state index in [1.807, 2.05) is 0 Å². The molecule has 2 unspecified atom stereocenters. The fourth-order valence-corrected chi connectivity index (χ4v) is 4.05. The van der Waals surface area contributed by atoms with Crippen molar-refractivity contribution in [2.24, 2.45) is 5.92 Å². The molecule has 140 valence electrons. The molecule has 0 aliphatic carbocycles. The maximum Gasteiger partial charge on any atom is 0.240 e. The summed E-state index contributed by atoms with van der Waals surface area (Å²) < 4.78 is 28.2. The van der Waals surface area contributed by atoms with Crippen molar-refractivity contribution in [2.75, 3.05) is 23.7 Å². The summed E-state index contributed by atoms with van der Waals surface area (Å²) in [4.78, 5) is 8.77. The molecule has 2 aromatic rings. The fraction of sp³-hybridized carbons (Fsp3) is 0.375. The number of sulfonamides is 1. The van der Waals surface area contributed by atoms with Crippen LogP contribution in [0.5, 0.6) is 0 Å². The number of anilines is 3. The van der Waals surface area contributed by atoms with Gasteiger partial charge in [0.15, 0.2) is 0 Å². The second-order valence-electron chi connectivity index (χ2n) is 6.11. The summed E-state index contributed by atoms with van der Waals surface area (Å²) in [5.74, 6) is 0.788. The molecule has 8 nitrogen and oxygen atoms in total. The van der Waals surface area contributed by atoms with E-state index < -0.39 is 16.1 Å². The molecule has 0 saturated carbocycles. The summed E-state index contributed by atoms with van der Waals surface area (Å²) in [6, 6.07) is 6.45. The number of aromatic nitrogens is 2. The number of hydrogen-bond donors (Lipinski definition) is 4. The second kappa shape index (κ2) is 7.87. The zero-order valence-corrected chi connectivity index (χ0v) is 16.5. The van der Waals surface area contributed by atoms with E-state index in [2.05, 4.69) is 41.3 Å². The summed E-state index contributed by atoms with van der Waals surface area (Å²) in [6.45, 7) is 2.36. The molecule has 3 rings (SSSR count). The lowest BCUT2D eigenvalue weighted by Gasteiger charge is -2.22. The van der Waals surface area contributed by atoms with E-state index in [1.165, 1.54) is 12.1 Å². The quantitative estimate of drug-likeness (QED) is 0.534. The van der Waals surface area contributed by atoms with Crippen LogP contribution in [0.4, 0.5) is 17.5 Å². The van der Waals surface area contributed by atoms with Gasteiger partial charge in [0.25, 0.3) is 0 Å². The van der Waals surface area contributed by atoms with Gasteiger partial charge in [-0.1, -0.05) is 6.07 Å². The van der Waals surface area contributed by atoms with Crippen LogP contribution in [0.15, 0.2) is 39.8 Å². The monoisotopic (exact) mass is 441 g/mol. The van der Waals surface area contributed by atoms with Gasteiger partial charge < -0.3 is 15.7 Å². The highest BCUT2D eigenvalue weighted by molar-refractivity contribution is 9.10. The Balaban J connectivity index is 2.00. The van der Waals surface area contributed by atoms with Crippen molar-refractivity contribution >= 4 is 43.4 Å². The van der Waals surface area contributed by atoms with Gasteiger partial charge in [0.1, 0.15) is 5.82 Å². The molecule has 0 spiro atoms. The van der Waals surface area contributed by atoms with Crippen molar-refractivity contribution in [2.45, 2.75) is 24.3 Å². The standard InChI is InChI=1S/C16H20BrN5O3S/c1-10(23)11-5-6-20-26(24,25)13-4-2-3-12(7-13)21-16-19-9-14(17)15(22-16)18-8-11/h2-4,7,9-11,20,23H,5-6,8H2,1H3,(H2,18,19,21,22). The molecular weight excluding hydrogens is 422 g/mol. The first-order valence-electron chi connectivity index (χ1n) is 8.16. The molecule has 0 saturated heterocycles. The van der Waals surface area contributed by atoms with Crippen molar-refractivity contribution in [3.8, 4) is 0 Å². The van der Waals surface area contributed by atoms with Gasteiger partial charge in [0.2, 0.25) is 16.0 Å². The second-order valence-corrected chi connectivity index (χ2v) is 8.73. The van der Waals surface area contributed by atoms with E-state index in [4.69, 9.17) is 0 Å². The summed E-state index contributed by atoms with van der Waals surface area (Å²) in [6.07, 6.45) is 1.50. The maximum absolute atomic E-state index is 12.5. The highest BCUT2D eigenvalue weighted by Crippen LogP contribution is 2.24. The van der Waals surface area contributed by atoms with E-state index in [0.717, 1.165) is 0 Å². The molecule has 26 heavy (non-hydrogen) atoms. The number of aliphatic hydroxyl groups is 1. The van der Waals surface area contributed by atoms with Crippen LogP contribution in [0.3, 0.4) is 0 Å². The van der Waals surface area contributed by atoms with Crippen LogP contribution in [-0.2, 0) is 10.0 Å². The Bertz CT molecular complexity index is 891. The minimum Gasteiger partial charge on any atom is -0.393 e. The molecular formula is C16H20BrN5O3S. The summed E-state index contributed by atoms with van der Waals surface area (Å²) in [5, 5.41) is 16.2. The van der Waals surface area contributed by atoms with Gasteiger partial charge in [-0.15, -0.1) is 0 Å². The molecule has 0 fully saturated rings. The van der Waals surface area contributed by atoms with Crippen LogP contribution in [-0.4, -0.2) is 42.7 Å². The van der Waals surface area contributed by atoms with Gasteiger partial charge in [-0.25, -0.2) is 18.1 Å². The Morgan fingerprint density at radius 3 is 2.96 bits per heavy atom. The highest BCUT2D eigenvalue weighted by atomic mass is 79.9. The van der Waals surface area contributed by atoms with Gasteiger partial charge in [-0.3, -0.25) is 0 Å². The lowest BCUT2D eigenvalue weighted by Crippen LogP contribution is -2.32. The molecule has 1 aromatic heterocycles. The SMILES string of the molecule is CC(O)C1CCNS(=O)(=O)c2cccc(c2)Nc2ncc(Br)c(n2)NC1. The number of aliphatic hydroxyl groups excluding tert-OH is 1. The van der Waals surface area contributed by atoms with Gasteiger partial charge in [0.05, 0.1) is 15.5 Å². The number of halogens is 1. The van der Waals surface area contributed by atoms with E-state index in [9.17, 15) is 13.5 Å². The topological polar surface area (TPSA) is 116 Å². The van der Waals surface area contributed by atoms with Gasteiger partial charge in [0, 0.05) is 30.9 Å². The molecule has 1 aliphatic heterocycles. The lowest BCUT2D eigenvalue weighted by molar-refractivity contribution is 0.127. The van der Waals surface area contributed by atoms with Crippen molar-refractivity contribution in [3.05, 3.63) is 34.9 Å². The molecule has 1 aliphatic rings. The molecule has 1 aromatic carbocycles. The first-order valence-corrected chi connectivity index (χ1v) is 10.4. The van der Waals surface area contributed by atoms with Crippen molar-refractivity contribution in [3.63, 3.8) is 0 Å². The molecule has 2 atom stereocenters. The van der Waals surface area contributed by atoms with Gasteiger partial charge in [-0.2, -0.15) is 4.98 Å². The highest BCUT2D eigenvalue weighted by Gasteiger charge is 2.20. The Kier molecular flexibility index (Phi) is 5.76. The molecule has 4 N–H and O–H groups in total. The summed E-state index contributed by atoms with van der Waals surface area (Å²) in [5.41, 5.74) is 0.570. The fourth-order valence-electron chi connectivity index (χ4n) is 2.63. The summed E-state index contributed by atoms with van der Waals surface area (Å²) >= 11 is 3.41. The number of benzene rings is 1. The largest absolute Gasteiger partial charge is 0.393 e. The third kappa shape index (κ3) is 4.50. The van der Waals surface area contributed by atoms with Crippen molar-refractivity contribution in [1.29, 1.82) is 0 Å². The first kappa shape index (κ1) is 19.0. The van der Waals surface area contributed by atoms with E-state index in [-0.39, 0.29) is 17.4 Å². The number of nitrogens with zero attached hydrogens (tertiary/aromatic N) is 2. The van der Waals surface area contributed by atoms with Crippen LogP contribution in [0, 0.1) is 5.92 Å². The van der Waals surface area contributed by atoms with Gasteiger partial charge in [-0.05, 0) is 47.5 Å². The molecule has 4 bridgehead atoms. The van der Waals surface area contributed by atoms with Gasteiger partial charge >= 0.3 is 0 Å². The Morgan fingerprint density at radius 2 is 2.19 bits per heavy atom. The summed E-state index contributed by atoms with van der Waals surface area (Å²) in [7, 11) is -3.64. The first-order chi connectivity index (χ1) is 12.3. The minimum absolute atomic E-state index is 0.148. The van der Waals surface area contributed by atoms with Crippen LogP contribution in [0.1, 0.15) is 13.3 Å². The predicted octanol–water partition coefficient (Wildman–Crippen LogP) is 2.07. The third-order valence-corrected chi connectivity index (χ3v) is 6.20. The third-order valence-electron chi connectivity index (χ3n) is 4.17. The van der Waals surface area contributed by atoms with Crippen LogP contribution >= 0.6 is 15.9 Å². The Labute approximate surface area is 160 Å². The van der Waals surface area contributed by atoms with Crippen molar-refractivity contribution in [1.82, 2.24) is 14.7 Å². The van der Waals surface area contributed by atoms with Crippen LogP contribution in [0.25, 0.3) is 0 Å². The molecule has 0 amide bonds. The average Bonchev–Trinajstić information content (AvgIpc) is 2.59. The maximum atomic E-state index is 12.5. The zero-order chi connectivity index (χ0) is 18.7. The van der Waals surface area contributed by atoms with Crippen LogP contribution < -0.4 is 15.4 Å². The van der Waals surface area contributed by atoms with Crippen LogP contribution in [0.2, 0.25) is 0 Å². The average molecular weight is 442 g/mol. The number of nitrogens with one attached hydrogen (secondary N) is 3. The minimum atomic E-state index is -3.64. The Hall–Kier alpha value is -1.75. The number of rotatable bonds is 1. The lowest BCUT2D eigenvalue weighted by atomic mass is 10.00. The Morgan fingerprint density at radius 1 is 1.38 bits per heavy atom. The zero-order valence-electron chi connectivity index (χ0n) is 14.1. The number of hydrogen-bond acceptors (Lipinski definition) is 7. The van der Waals surface area contributed by atoms with Crippen molar-refractivity contribution < 1.29 is 13.5 Å². The predicted molar refractivity (Wildman–Crippen MR) is 103 cm³/mol. The van der Waals surface area contributed by atoms with E-state index in [0.29, 0.717) is 34.9 Å². The molecule has 10 heteroatoms. The molecule has 0 radical (unpaired) electrons. The van der Waals surface area contributed by atoms with E-state index >= 15 is 0 Å². The van der Waals surface area contributed by atoms with E-state index in [1.54, 1.807) is 25.3 Å². The normalized spacial score (nSPS) is 21.0.